The maximum atomic E-state index is 12.3. The highest BCUT2D eigenvalue weighted by atomic mass is 32.2. The number of methoxy groups -OCH3 is 1. The predicted molar refractivity (Wildman–Crippen MR) is 99.4 cm³/mol. The molecule has 6 nitrogen and oxygen atoms in total. The first-order chi connectivity index (χ1) is 11.6. The van der Waals surface area contributed by atoms with E-state index >= 15 is 0 Å². The van der Waals surface area contributed by atoms with E-state index in [-0.39, 0.29) is 11.2 Å². The number of hydrogen-bond acceptors (Lipinski definition) is 7. The number of nitrogens with zero attached hydrogens (tertiary/aromatic N) is 3. The Morgan fingerprint density at radius 1 is 1.38 bits per heavy atom. The van der Waals surface area contributed by atoms with E-state index in [1.165, 1.54) is 23.1 Å². The molecule has 24 heavy (non-hydrogen) atoms. The summed E-state index contributed by atoms with van der Waals surface area (Å²) in [6.45, 7) is 7.32. The van der Waals surface area contributed by atoms with Crippen molar-refractivity contribution in [3.8, 4) is 5.75 Å². The lowest BCUT2D eigenvalue weighted by Crippen LogP contribution is -2.36. The molecular formula is C16H22N4O2S2. The van der Waals surface area contributed by atoms with Crippen molar-refractivity contribution in [2.75, 3.05) is 25.5 Å². The van der Waals surface area contributed by atoms with Crippen molar-refractivity contribution in [2.45, 2.75) is 30.4 Å². The molecule has 1 N–H and O–H groups in total. The van der Waals surface area contributed by atoms with Crippen LogP contribution < -0.4 is 10.1 Å². The molecule has 2 rings (SSSR count). The fourth-order valence-electron chi connectivity index (χ4n) is 2.13. The molecule has 0 bridgehead atoms. The number of aromatic nitrogens is 2. The van der Waals surface area contributed by atoms with Crippen molar-refractivity contribution in [1.82, 2.24) is 15.1 Å². The molecule has 0 saturated carbocycles. The Morgan fingerprint density at radius 3 is 2.79 bits per heavy atom. The molecule has 0 spiro atoms. The van der Waals surface area contributed by atoms with Gasteiger partial charge >= 0.3 is 0 Å². The average molecular weight is 367 g/mol. The van der Waals surface area contributed by atoms with Gasteiger partial charge in [0.2, 0.25) is 11.0 Å². The molecule has 0 saturated heterocycles. The van der Waals surface area contributed by atoms with Crippen LogP contribution in [0.15, 0.2) is 28.6 Å². The molecule has 0 aliphatic rings. The summed E-state index contributed by atoms with van der Waals surface area (Å²) in [5, 5.41) is 12.0. The zero-order valence-corrected chi connectivity index (χ0v) is 15.9. The van der Waals surface area contributed by atoms with Gasteiger partial charge in [0.05, 0.1) is 12.4 Å². The molecule has 1 aromatic carbocycles. The first kappa shape index (κ1) is 18.5. The van der Waals surface area contributed by atoms with E-state index in [0.717, 1.165) is 28.9 Å². The fraction of sp³-hybridized carbons (Fsp3) is 0.438. The van der Waals surface area contributed by atoms with Crippen molar-refractivity contribution in [3.05, 3.63) is 24.3 Å². The molecule has 2 aromatic rings. The van der Waals surface area contributed by atoms with Gasteiger partial charge in [-0.2, -0.15) is 0 Å². The minimum Gasteiger partial charge on any atom is -0.497 e. The Morgan fingerprint density at radius 2 is 2.12 bits per heavy atom. The Balaban J connectivity index is 1.98. The maximum Gasteiger partial charge on any atom is 0.235 e. The van der Waals surface area contributed by atoms with E-state index in [1.54, 1.807) is 7.11 Å². The number of carbonyl (C=O) groups excluding carboxylic acids is 1. The number of nitrogens with one attached hydrogen (secondary N) is 1. The van der Waals surface area contributed by atoms with Crippen LogP contribution in [-0.2, 0) is 4.79 Å². The summed E-state index contributed by atoms with van der Waals surface area (Å²) in [5.41, 5.74) is 0.884. The second-order valence-corrected chi connectivity index (χ2v) is 7.57. The lowest BCUT2D eigenvalue weighted by Gasteiger charge is -2.21. The third-order valence-corrected chi connectivity index (χ3v) is 5.44. The normalized spacial score (nSPS) is 11.8. The Kier molecular flexibility index (Phi) is 6.86. The number of carbonyl (C=O) groups is 1. The highest BCUT2D eigenvalue weighted by Crippen LogP contribution is 2.31. The van der Waals surface area contributed by atoms with Crippen molar-refractivity contribution >= 4 is 39.8 Å². The van der Waals surface area contributed by atoms with E-state index in [2.05, 4.69) is 15.5 Å². The predicted octanol–water partition coefficient (Wildman–Crippen LogP) is 3.64. The minimum atomic E-state index is -0.178. The van der Waals surface area contributed by atoms with Gasteiger partial charge in [-0.05, 0) is 32.9 Å². The van der Waals surface area contributed by atoms with Gasteiger partial charge in [0.1, 0.15) is 5.75 Å². The molecule has 8 heteroatoms. The number of hydrogen-bond donors (Lipinski definition) is 1. The molecule has 130 valence electrons. The van der Waals surface area contributed by atoms with Crippen molar-refractivity contribution in [3.63, 3.8) is 0 Å². The van der Waals surface area contributed by atoms with E-state index in [1.807, 2.05) is 49.9 Å². The van der Waals surface area contributed by atoms with Crippen molar-refractivity contribution in [2.24, 2.45) is 0 Å². The Labute approximate surface area is 150 Å². The molecule has 1 heterocycles. The van der Waals surface area contributed by atoms with Crippen molar-refractivity contribution in [1.29, 1.82) is 0 Å². The van der Waals surface area contributed by atoms with Gasteiger partial charge in [0.25, 0.3) is 0 Å². The summed E-state index contributed by atoms with van der Waals surface area (Å²) in [4.78, 5) is 14.1. The van der Waals surface area contributed by atoms with Crippen LogP contribution in [0.25, 0.3) is 0 Å². The van der Waals surface area contributed by atoms with Crippen LogP contribution >= 0.6 is 23.1 Å². The number of amides is 1. The summed E-state index contributed by atoms with van der Waals surface area (Å²) in [7, 11) is 1.63. The fourth-order valence-corrected chi connectivity index (χ4v) is 4.13. The van der Waals surface area contributed by atoms with E-state index < -0.39 is 0 Å². The minimum absolute atomic E-state index is 0.127. The number of ether oxygens (including phenoxy) is 1. The van der Waals surface area contributed by atoms with Gasteiger partial charge in [-0.15, -0.1) is 10.2 Å². The lowest BCUT2D eigenvalue weighted by atomic mass is 10.3. The molecule has 1 unspecified atom stereocenters. The standard InChI is InChI=1S/C16H22N4O2S2/c1-5-20(6-2)14(21)11(3)23-16-19-18-15(24-16)17-12-8-7-9-13(10-12)22-4/h7-11H,5-6H2,1-4H3,(H,17,18). The first-order valence-corrected chi connectivity index (χ1v) is 9.47. The molecule has 0 fully saturated rings. The Hall–Kier alpha value is -1.80. The van der Waals surface area contributed by atoms with Gasteiger partial charge in [-0.3, -0.25) is 4.79 Å². The summed E-state index contributed by atoms with van der Waals surface area (Å²) >= 11 is 2.87. The second kappa shape index (κ2) is 8.89. The molecule has 0 aliphatic carbocycles. The van der Waals surface area contributed by atoms with Gasteiger partial charge in [0, 0.05) is 24.8 Å². The van der Waals surface area contributed by atoms with Crippen LogP contribution in [0.4, 0.5) is 10.8 Å². The summed E-state index contributed by atoms with van der Waals surface area (Å²) in [6.07, 6.45) is 0. The van der Waals surface area contributed by atoms with Gasteiger partial charge in [-0.25, -0.2) is 0 Å². The number of rotatable bonds is 8. The van der Waals surface area contributed by atoms with Gasteiger partial charge < -0.3 is 15.0 Å². The Bertz CT molecular complexity index is 674. The monoisotopic (exact) mass is 366 g/mol. The third-order valence-electron chi connectivity index (χ3n) is 3.43. The quantitative estimate of drug-likeness (QED) is 0.720. The van der Waals surface area contributed by atoms with Crippen molar-refractivity contribution < 1.29 is 9.53 Å². The molecule has 1 amide bonds. The maximum absolute atomic E-state index is 12.3. The highest BCUT2D eigenvalue weighted by Gasteiger charge is 2.21. The third kappa shape index (κ3) is 4.85. The largest absolute Gasteiger partial charge is 0.497 e. The van der Waals surface area contributed by atoms with Crippen LogP contribution in [0.3, 0.4) is 0 Å². The molecule has 0 aliphatic heterocycles. The van der Waals surface area contributed by atoms with Gasteiger partial charge in [0.15, 0.2) is 4.34 Å². The van der Waals surface area contributed by atoms with Crippen LogP contribution in [0.2, 0.25) is 0 Å². The average Bonchev–Trinajstić information content (AvgIpc) is 3.02. The molecule has 1 aromatic heterocycles. The number of thioether (sulfide) groups is 1. The summed E-state index contributed by atoms with van der Waals surface area (Å²) < 4.78 is 5.97. The van der Waals surface area contributed by atoms with E-state index in [0.29, 0.717) is 5.13 Å². The highest BCUT2D eigenvalue weighted by molar-refractivity contribution is 8.02. The zero-order valence-electron chi connectivity index (χ0n) is 14.3. The number of benzene rings is 1. The lowest BCUT2D eigenvalue weighted by molar-refractivity contribution is -0.129. The zero-order chi connectivity index (χ0) is 17.5. The van der Waals surface area contributed by atoms with Crippen LogP contribution in [-0.4, -0.2) is 46.5 Å². The van der Waals surface area contributed by atoms with Crippen LogP contribution in [0.1, 0.15) is 20.8 Å². The van der Waals surface area contributed by atoms with E-state index in [4.69, 9.17) is 4.74 Å². The van der Waals surface area contributed by atoms with Gasteiger partial charge in [-0.1, -0.05) is 29.2 Å². The van der Waals surface area contributed by atoms with Crippen LogP contribution in [0, 0.1) is 0 Å². The van der Waals surface area contributed by atoms with E-state index in [9.17, 15) is 4.79 Å². The SMILES string of the molecule is CCN(CC)C(=O)C(C)Sc1nnc(Nc2cccc(OC)c2)s1. The molecule has 0 radical (unpaired) electrons. The van der Waals surface area contributed by atoms with Crippen LogP contribution in [0.5, 0.6) is 5.75 Å². The summed E-state index contributed by atoms with van der Waals surface area (Å²) in [6, 6.07) is 7.61. The second-order valence-electron chi connectivity index (χ2n) is 5.00. The topological polar surface area (TPSA) is 67.4 Å². The number of anilines is 2. The summed E-state index contributed by atoms with van der Waals surface area (Å²) in [5.74, 6) is 0.903. The molecular weight excluding hydrogens is 344 g/mol. The molecule has 1 atom stereocenters. The smallest absolute Gasteiger partial charge is 0.235 e. The first-order valence-electron chi connectivity index (χ1n) is 7.77.